The Bertz CT molecular complexity index is 202. The van der Waals surface area contributed by atoms with Gasteiger partial charge in [0.05, 0.1) is 7.11 Å². The molecule has 0 fully saturated rings. The highest BCUT2D eigenvalue weighted by Crippen LogP contribution is 1.97. The van der Waals surface area contributed by atoms with Crippen LogP contribution in [-0.2, 0) is 9.53 Å². The summed E-state index contributed by atoms with van der Waals surface area (Å²) in [6, 6.07) is 0. The van der Waals surface area contributed by atoms with Gasteiger partial charge in [0, 0.05) is 25.8 Å². The third kappa shape index (κ3) is 6.62. The lowest BCUT2D eigenvalue weighted by Gasteiger charge is -2.15. The molecule has 0 aromatic heterocycles. The maximum atomic E-state index is 10.9. The molecule has 4 nitrogen and oxygen atoms in total. The second-order valence-corrected chi connectivity index (χ2v) is 3.33. The zero-order valence-electron chi connectivity index (χ0n) is 9.12. The van der Waals surface area contributed by atoms with Crippen molar-refractivity contribution in [1.82, 2.24) is 4.90 Å². The van der Waals surface area contributed by atoms with Crippen LogP contribution in [0.2, 0.25) is 0 Å². The number of esters is 1. The number of hydrogen-bond acceptors (Lipinski definition) is 4. The number of methoxy groups -OCH3 is 1. The largest absolute Gasteiger partial charge is 0.466 e. The smallest absolute Gasteiger partial charge is 0.330 e. The summed E-state index contributed by atoms with van der Waals surface area (Å²) < 4.78 is 4.51. The van der Waals surface area contributed by atoms with E-state index in [1.54, 1.807) is 0 Å². The number of nitrogens with zero attached hydrogens (tertiary/aromatic N) is 1. The summed E-state index contributed by atoms with van der Waals surface area (Å²) in [6.45, 7) is 3.62. The molecule has 82 valence electrons. The van der Waals surface area contributed by atoms with Crippen LogP contribution < -0.4 is 0 Å². The molecule has 0 aliphatic heterocycles. The molecule has 4 heteroatoms. The average Bonchev–Trinajstić information content (AvgIpc) is 2.14. The fourth-order valence-electron chi connectivity index (χ4n) is 1.15. The number of hydrogen-bond donors (Lipinski definition) is 1. The van der Waals surface area contributed by atoms with Gasteiger partial charge in [0.2, 0.25) is 0 Å². The van der Waals surface area contributed by atoms with Crippen molar-refractivity contribution in [3.8, 4) is 0 Å². The van der Waals surface area contributed by atoms with Crippen molar-refractivity contribution in [3.05, 3.63) is 11.6 Å². The van der Waals surface area contributed by atoms with Crippen molar-refractivity contribution in [2.45, 2.75) is 13.3 Å². The van der Waals surface area contributed by atoms with Crippen LogP contribution >= 0.6 is 0 Å². The van der Waals surface area contributed by atoms with E-state index in [1.165, 1.54) is 13.2 Å². The number of carbonyl (C=O) groups excluding carboxylic acids is 1. The topological polar surface area (TPSA) is 49.8 Å². The standard InChI is InChI=1S/C10H19NO3/c1-9(7-10(13)14-3)8-11(2)5-4-6-12/h7,12H,4-6,8H2,1-3H3. The number of aliphatic hydroxyl groups excluding tert-OH is 1. The molecule has 0 bridgehead atoms. The molecule has 14 heavy (non-hydrogen) atoms. The number of aliphatic hydroxyl groups is 1. The lowest BCUT2D eigenvalue weighted by Crippen LogP contribution is -2.22. The Kier molecular flexibility index (Phi) is 7.06. The van der Waals surface area contributed by atoms with Crippen LogP contribution in [0.25, 0.3) is 0 Å². The van der Waals surface area contributed by atoms with Gasteiger partial charge in [-0.15, -0.1) is 0 Å². The zero-order chi connectivity index (χ0) is 11.0. The van der Waals surface area contributed by atoms with E-state index in [-0.39, 0.29) is 12.6 Å². The van der Waals surface area contributed by atoms with E-state index in [9.17, 15) is 4.79 Å². The fraction of sp³-hybridized carbons (Fsp3) is 0.700. The maximum Gasteiger partial charge on any atom is 0.330 e. The van der Waals surface area contributed by atoms with E-state index in [0.29, 0.717) is 0 Å². The van der Waals surface area contributed by atoms with Crippen LogP contribution in [0.4, 0.5) is 0 Å². The van der Waals surface area contributed by atoms with Gasteiger partial charge in [0.1, 0.15) is 0 Å². The Labute approximate surface area is 85.2 Å². The molecule has 0 spiro atoms. The first-order valence-electron chi connectivity index (χ1n) is 4.64. The number of carbonyl (C=O) groups is 1. The second-order valence-electron chi connectivity index (χ2n) is 3.33. The molecule has 0 amide bonds. The molecule has 0 unspecified atom stereocenters. The minimum Gasteiger partial charge on any atom is -0.466 e. The predicted octanol–water partition coefficient (Wildman–Crippen LogP) is 0.420. The van der Waals surface area contributed by atoms with Crippen LogP contribution in [-0.4, -0.2) is 49.8 Å². The van der Waals surface area contributed by atoms with Crippen LogP contribution in [0.15, 0.2) is 11.6 Å². The van der Waals surface area contributed by atoms with E-state index < -0.39 is 0 Å². The first-order chi connectivity index (χ1) is 6.60. The van der Waals surface area contributed by atoms with Crippen LogP contribution in [0.3, 0.4) is 0 Å². The van der Waals surface area contributed by atoms with Crippen molar-refractivity contribution in [1.29, 1.82) is 0 Å². The van der Waals surface area contributed by atoms with Crippen LogP contribution in [0, 0.1) is 0 Å². The Morgan fingerprint density at radius 2 is 2.21 bits per heavy atom. The van der Waals surface area contributed by atoms with E-state index >= 15 is 0 Å². The molecule has 0 aliphatic carbocycles. The highest BCUT2D eigenvalue weighted by Gasteiger charge is 2.01. The van der Waals surface area contributed by atoms with Gasteiger partial charge in [-0.2, -0.15) is 0 Å². The van der Waals surface area contributed by atoms with Gasteiger partial charge >= 0.3 is 5.97 Å². The van der Waals surface area contributed by atoms with Gasteiger partial charge in [0.15, 0.2) is 0 Å². The van der Waals surface area contributed by atoms with Crippen LogP contribution in [0.5, 0.6) is 0 Å². The Balaban J connectivity index is 3.85. The minimum absolute atomic E-state index is 0.199. The molecule has 0 radical (unpaired) electrons. The summed E-state index contributed by atoms with van der Waals surface area (Å²) in [5, 5.41) is 8.62. The van der Waals surface area contributed by atoms with Gasteiger partial charge < -0.3 is 14.7 Å². The highest BCUT2D eigenvalue weighted by molar-refractivity contribution is 5.82. The molecule has 0 aromatic rings. The summed E-state index contributed by atoms with van der Waals surface area (Å²) in [5.74, 6) is -0.321. The van der Waals surface area contributed by atoms with Gasteiger partial charge in [-0.3, -0.25) is 0 Å². The number of rotatable bonds is 6. The molecule has 0 saturated carbocycles. The van der Waals surface area contributed by atoms with E-state index in [0.717, 1.165) is 25.1 Å². The quantitative estimate of drug-likeness (QED) is 0.500. The second kappa shape index (κ2) is 7.53. The monoisotopic (exact) mass is 201 g/mol. The minimum atomic E-state index is -0.321. The Morgan fingerprint density at radius 3 is 2.71 bits per heavy atom. The number of ether oxygens (including phenoxy) is 1. The Hall–Kier alpha value is -0.870. The highest BCUT2D eigenvalue weighted by atomic mass is 16.5. The van der Waals surface area contributed by atoms with Crippen molar-refractivity contribution in [3.63, 3.8) is 0 Å². The van der Waals surface area contributed by atoms with Crippen molar-refractivity contribution in [2.24, 2.45) is 0 Å². The number of likely N-dealkylation sites (N-methyl/N-ethyl adjacent to an activating group) is 1. The summed E-state index contributed by atoms with van der Waals surface area (Å²) in [4.78, 5) is 12.9. The van der Waals surface area contributed by atoms with E-state index in [1.807, 2.05) is 18.9 Å². The molecule has 0 rings (SSSR count). The van der Waals surface area contributed by atoms with Gasteiger partial charge in [0.25, 0.3) is 0 Å². The van der Waals surface area contributed by atoms with Gasteiger partial charge in [-0.1, -0.05) is 5.57 Å². The third-order valence-corrected chi connectivity index (χ3v) is 1.78. The normalized spacial score (nSPS) is 11.9. The summed E-state index contributed by atoms with van der Waals surface area (Å²) >= 11 is 0. The van der Waals surface area contributed by atoms with Crippen molar-refractivity contribution < 1.29 is 14.6 Å². The van der Waals surface area contributed by atoms with E-state index in [4.69, 9.17) is 5.11 Å². The van der Waals surface area contributed by atoms with E-state index in [2.05, 4.69) is 4.74 Å². The molecule has 0 aromatic carbocycles. The molecule has 1 N–H and O–H groups in total. The lowest BCUT2D eigenvalue weighted by atomic mass is 10.2. The van der Waals surface area contributed by atoms with Gasteiger partial charge in [-0.25, -0.2) is 4.79 Å². The Morgan fingerprint density at radius 1 is 1.57 bits per heavy atom. The first-order valence-corrected chi connectivity index (χ1v) is 4.64. The fourth-order valence-corrected chi connectivity index (χ4v) is 1.15. The summed E-state index contributed by atoms with van der Waals surface area (Å²) in [6.07, 6.45) is 2.23. The molecular formula is C10H19NO3. The van der Waals surface area contributed by atoms with Crippen molar-refractivity contribution >= 4 is 5.97 Å². The summed E-state index contributed by atoms with van der Waals surface area (Å²) in [5.41, 5.74) is 0.956. The first kappa shape index (κ1) is 13.1. The zero-order valence-corrected chi connectivity index (χ0v) is 9.12. The maximum absolute atomic E-state index is 10.9. The molecule has 0 aliphatic rings. The molecule has 0 heterocycles. The van der Waals surface area contributed by atoms with Crippen molar-refractivity contribution in [2.75, 3.05) is 33.9 Å². The molecule has 0 atom stereocenters. The predicted molar refractivity (Wildman–Crippen MR) is 55.0 cm³/mol. The molecular weight excluding hydrogens is 182 g/mol. The third-order valence-electron chi connectivity index (χ3n) is 1.78. The molecule has 0 saturated heterocycles. The SMILES string of the molecule is COC(=O)C=C(C)CN(C)CCCO. The van der Waals surface area contributed by atoms with Crippen LogP contribution in [0.1, 0.15) is 13.3 Å². The average molecular weight is 201 g/mol. The van der Waals surface area contributed by atoms with Gasteiger partial charge in [-0.05, 0) is 20.4 Å². The summed E-state index contributed by atoms with van der Waals surface area (Å²) in [7, 11) is 3.31. The lowest BCUT2D eigenvalue weighted by molar-refractivity contribution is -0.134.